The largest absolute Gasteiger partial charge is 0.345 e. The average Bonchev–Trinajstić information content (AvgIpc) is 2.00. The summed E-state index contributed by atoms with van der Waals surface area (Å²) in [5.74, 6) is 0.120. The van der Waals surface area contributed by atoms with Crippen LogP contribution in [-0.2, 0) is 4.79 Å². The van der Waals surface area contributed by atoms with Crippen LogP contribution < -0.4 is 5.73 Å². The highest BCUT2D eigenvalue weighted by atomic mass is 16.2. The van der Waals surface area contributed by atoms with Crippen molar-refractivity contribution >= 4 is 5.91 Å². The van der Waals surface area contributed by atoms with Crippen molar-refractivity contribution < 1.29 is 4.79 Å². The van der Waals surface area contributed by atoms with Crippen LogP contribution >= 0.6 is 0 Å². The van der Waals surface area contributed by atoms with Crippen LogP contribution in [0, 0.1) is 10.8 Å². The predicted octanol–water partition coefficient (Wildman–Crippen LogP) is 1.48. The zero-order valence-corrected chi connectivity index (χ0v) is 10.3. The van der Waals surface area contributed by atoms with E-state index in [2.05, 4.69) is 20.8 Å². The molecule has 0 aromatic heterocycles. The Bertz CT molecular complexity index is 204. The Hall–Kier alpha value is -0.570. The van der Waals surface area contributed by atoms with Crippen molar-refractivity contribution in [2.24, 2.45) is 16.6 Å². The highest BCUT2D eigenvalue weighted by Gasteiger charge is 2.30. The van der Waals surface area contributed by atoms with E-state index in [-0.39, 0.29) is 11.3 Å². The summed E-state index contributed by atoms with van der Waals surface area (Å²) in [5, 5.41) is 0. The lowest BCUT2D eigenvalue weighted by atomic mass is 9.90. The molecule has 0 aromatic rings. The first-order valence-corrected chi connectivity index (χ1v) is 5.06. The molecule has 0 heterocycles. The van der Waals surface area contributed by atoms with Gasteiger partial charge in [-0.2, -0.15) is 0 Å². The van der Waals surface area contributed by atoms with E-state index in [0.29, 0.717) is 6.54 Å². The van der Waals surface area contributed by atoms with Gasteiger partial charge in [0.25, 0.3) is 0 Å². The number of amides is 1. The molecule has 3 heteroatoms. The Morgan fingerprint density at radius 1 is 1.21 bits per heavy atom. The van der Waals surface area contributed by atoms with E-state index in [9.17, 15) is 4.79 Å². The van der Waals surface area contributed by atoms with E-state index in [4.69, 9.17) is 5.73 Å². The first-order valence-electron chi connectivity index (χ1n) is 5.06. The molecular weight excluding hydrogens is 176 g/mol. The zero-order valence-electron chi connectivity index (χ0n) is 10.3. The molecule has 2 N–H and O–H groups in total. The summed E-state index contributed by atoms with van der Waals surface area (Å²) in [6.45, 7) is 11.3. The Morgan fingerprint density at radius 2 is 1.64 bits per heavy atom. The average molecular weight is 200 g/mol. The maximum absolute atomic E-state index is 11.9. The van der Waals surface area contributed by atoms with E-state index >= 15 is 0 Å². The normalized spacial score (nSPS) is 12.8. The fourth-order valence-electron chi connectivity index (χ4n) is 1.39. The predicted molar refractivity (Wildman–Crippen MR) is 59.9 cm³/mol. The lowest BCUT2D eigenvalue weighted by molar-refractivity contribution is -0.139. The van der Waals surface area contributed by atoms with E-state index in [0.717, 1.165) is 6.54 Å². The van der Waals surface area contributed by atoms with Crippen molar-refractivity contribution in [3.05, 3.63) is 0 Å². The van der Waals surface area contributed by atoms with Crippen LogP contribution in [0.25, 0.3) is 0 Å². The smallest absolute Gasteiger partial charge is 0.229 e. The molecule has 0 unspecified atom stereocenters. The maximum Gasteiger partial charge on any atom is 0.229 e. The lowest BCUT2D eigenvalue weighted by Gasteiger charge is -2.32. The number of rotatable bonds is 3. The number of carbonyl (C=O) groups is 1. The molecule has 0 aliphatic rings. The molecular formula is C11H24N2O. The van der Waals surface area contributed by atoms with Gasteiger partial charge < -0.3 is 10.6 Å². The molecule has 0 rings (SSSR count). The van der Waals surface area contributed by atoms with E-state index in [1.165, 1.54) is 0 Å². The molecule has 0 aliphatic heterocycles. The molecule has 84 valence electrons. The standard InChI is InChI=1S/C11H24N2O/c1-10(2,3)8-13(6)9(14)11(4,5)7-12/h7-8,12H2,1-6H3. The Morgan fingerprint density at radius 3 is 1.93 bits per heavy atom. The van der Waals surface area contributed by atoms with Crippen molar-refractivity contribution in [1.82, 2.24) is 4.90 Å². The van der Waals surface area contributed by atoms with Crippen LogP contribution in [0.1, 0.15) is 34.6 Å². The minimum atomic E-state index is -0.444. The van der Waals surface area contributed by atoms with Crippen molar-refractivity contribution in [2.45, 2.75) is 34.6 Å². The van der Waals surface area contributed by atoms with Crippen LogP contribution in [0.4, 0.5) is 0 Å². The number of nitrogens with zero attached hydrogens (tertiary/aromatic N) is 1. The fourth-order valence-corrected chi connectivity index (χ4v) is 1.39. The van der Waals surface area contributed by atoms with Crippen molar-refractivity contribution in [3.63, 3.8) is 0 Å². The third-order valence-corrected chi connectivity index (χ3v) is 2.15. The van der Waals surface area contributed by atoms with E-state index in [1.54, 1.807) is 4.90 Å². The SMILES string of the molecule is CN(CC(C)(C)C)C(=O)C(C)(C)CN. The van der Waals surface area contributed by atoms with Crippen LogP contribution in [0.2, 0.25) is 0 Å². The molecule has 0 radical (unpaired) electrons. The Labute approximate surface area is 87.6 Å². The van der Waals surface area contributed by atoms with Gasteiger partial charge in [-0.15, -0.1) is 0 Å². The summed E-state index contributed by atoms with van der Waals surface area (Å²) < 4.78 is 0. The van der Waals surface area contributed by atoms with Gasteiger partial charge in [-0.25, -0.2) is 0 Å². The second-order valence-electron chi connectivity index (χ2n) is 5.81. The van der Waals surface area contributed by atoms with E-state index in [1.807, 2.05) is 20.9 Å². The van der Waals surface area contributed by atoms with Gasteiger partial charge in [0.05, 0.1) is 5.41 Å². The minimum Gasteiger partial charge on any atom is -0.345 e. The molecule has 0 atom stereocenters. The molecule has 0 bridgehead atoms. The zero-order chi connectivity index (χ0) is 11.6. The van der Waals surface area contributed by atoms with Crippen molar-refractivity contribution in [2.75, 3.05) is 20.1 Å². The third-order valence-electron chi connectivity index (χ3n) is 2.15. The third kappa shape index (κ3) is 4.09. The van der Waals surface area contributed by atoms with Gasteiger partial charge in [0.1, 0.15) is 0 Å². The number of hydrogen-bond acceptors (Lipinski definition) is 2. The number of nitrogens with two attached hydrogens (primary N) is 1. The van der Waals surface area contributed by atoms with Crippen LogP contribution in [0.5, 0.6) is 0 Å². The van der Waals surface area contributed by atoms with Gasteiger partial charge in [-0.3, -0.25) is 4.79 Å². The first-order chi connectivity index (χ1) is 6.10. The quantitative estimate of drug-likeness (QED) is 0.750. The van der Waals surface area contributed by atoms with E-state index < -0.39 is 5.41 Å². The summed E-state index contributed by atoms with van der Waals surface area (Å²) in [5.41, 5.74) is 5.25. The van der Waals surface area contributed by atoms with Gasteiger partial charge in [0.2, 0.25) is 5.91 Å². The molecule has 0 spiro atoms. The highest BCUT2D eigenvalue weighted by molar-refractivity contribution is 5.82. The molecule has 14 heavy (non-hydrogen) atoms. The van der Waals surface area contributed by atoms with Gasteiger partial charge in [-0.05, 0) is 19.3 Å². The first kappa shape index (κ1) is 13.4. The van der Waals surface area contributed by atoms with Gasteiger partial charge in [0, 0.05) is 20.1 Å². The molecule has 0 aromatic carbocycles. The number of carbonyl (C=O) groups excluding carboxylic acids is 1. The summed E-state index contributed by atoms with van der Waals surface area (Å²) >= 11 is 0. The van der Waals surface area contributed by atoms with Gasteiger partial charge in [-0.1, -0.05) is 20.8 Å². The second-order valence-corrected chi connectivity index (χ2v) is 5.81. The van der Waals surface area contributed by atoms with Crippen LogP contribution in [0.3, 0.4) is 0 Å². The Kier molecular flexibility index (Phi) is 4.13. The molecule has 0 fully saturated rings. The lowest BCUT2D eigenvalue weighted by Crippen LogP contribution is -2.45. The topological polar surface area (TPSA) is 46.3 Å². The molecule has 0 aliphatic carbocycles. The minimum absolute atomic E-state index is 0.120. The molecule has 3 nitrogen and oxygen atoms in total. The van der Waals surface area contributed by atoms with Gasteiger partial charge >= 0.3 is 0 Å². The van der Waals surface area contributed by atoms with Crippen molar-refractivity contribution in [1.29, 1.82) is 0 Å². The summed E-state index contributed by atoms with van der Waals surface area (Å²) in [4.78, 5) is 13.7. The maximum atomic E-state index is 11.9. The van der Waals surface area contributed by atoms with Crippen LogP contribution in [-0.4, -0.2) is 30.9 Å². The molecule has 0 saturated carbocycles. The summed E-state index contributed by atoms with van der Waals surface area (Å²) in [7, 11) is 1.84. The fraction of sp³-hybridized carbons (Fsp3) is 0.909. The number of hydrogen-bond donors (Lipinski definition) is 1. The summed E-state index contributed by atoms with van der Waals surface area (Å²) in [6, 6.07) is 0. The highest BCUT2D eigenvalue weighted by Crippen LogP contribution is 2.20. The molecule has 0 saturated heterocycles. The molecule has 1 amide bonds. The monoisotopic (exact) mass is 200 g/mol. The second kappa shape index (κ2) is 4.30. The Balaban J connectivity index is 4.41. The van der Waals surface area contributed by atoms with Crippen molar-refractivity contribution in [3.8, 4) is 0 Å². The van der Waals surface area contributed by atoms with Crippen LogP contribution in [0.15, 0.2) is 0 Å². The van der Waals surface area contributed by atoms with Gasteiger partial charge in [0.15, 0.2) is 0 Å². The summed E-state index contributed by atoms with van der Waals surface area (Å²) in [6.07, 6.45) is 0.